The van der Waals surface area contributed by atoms with Crippen molar-refractivity contribution in [1.29, 1.82) is 0 Å². The van der Waals surface area contributed by atoms with Crippen molar-refractivity contribution in [2.45, 2.75) is 58.3 Å². The Bertz CT molecular complexity index is 496. The summed E-state index contributed by atoms with van der Waals surface area (Å²) in [4.78, 5) is 14.9. The molecule has 20 heavy (non-hydrogen) atoms. The van der Waals surface area contributed by atoms with E-state index in [1.54, 1.807) is 13.8 Å². The summed E-state index contributed by atoms with van der Waals surface area (Å²) in [6.07, 6.45) is 4.59. The second-order valence-electron chi connectivity index (χ2n) is 5.36. The number of rotatable bonds is 4. The topological polar surface area (TPSA) is 85.5 Å². The number of nitrogens with zero attached hydrogens (tertiary/aromatic N) is 2. The fourth-order valence-electron chi connectivity index (χ4n) is 2.60. The molecule has 0 amide bonds. The lowest BCUT2D eigenvalue weighted by atomic mass is 9.95. The van der Waals surface area contributed by atoms with Crippen LogP contribution in [0.4, 0.5) is 5.69 Å². The Balaban J connectivity index is 2.03. The molecule has 0 unspecified atom stereocenters. The second kappa shape index (κ2) is 6.28. The molecular formula is C14H20N2O4. The van der Waals surface area contributed by atoms with E-state index in [1.807, 2.05) is 0 Å². The van der Waals surface area contributed by atoms with Gasteiger partial charge in [0.25, 0.3) is 5.69 Å². The molecule has 1 aromatic heterocycles. The molecule has 1 aliphatic carbocycles. The van der Waals surface area contributed by atoms with Crippen LogP contribution in [0.1, 0.15) is 42.5 Å². The van der Waals surface area contributed by atoms with Crippen LogP contribution in [0, 0.1) is 24.0 Å². The summed E-state index contributed by atoms with van der Waals surface area (Å²) >= 11 is 0. The van der Waals surface area contributed by atoms with Crippen molar-refractivity contribution in [3.05, 3.63) is 33.1 Å². The normalized spacial score (nSPS) is 22.8. The predicted molar refractivity (Wildman–Crippen MR) is 73.4 cm³/mol. The molecule has 1 aromatic rings. The van der Waals surface area contributed by atoms with Crippen LogP contribution in [-0.2, 0) is 11.3 Å². The molecule has 1 saturated carbocycles. The van der Waals surface area contributed by atoms with Gasteiger partial charge in [-0.05, 0) is 39.5 Å². The molecule has 2 rings (SSSR count). The van der Waals surface area contributed by atoms with Crippen LogP contribution in [-0.4, -0.2) is 27.2 Å². The molecular weight excluding hydrogens is 260 g/mol. The van der Waals surface area contributed by atoms with Crippen LogP contribution in [0.25, 0.3) is 0 Å². The van der Waals surface area contributed by atoms with E-state index in [-0.39, 0.29) is 29.4 Å². The molecule has 1 aliphatic rings. The average molecular weight is 280 g/mol. The van der Waals surface area contributed by atoms with E-state index >= 15 is 0 Å². The highest BCUT2D eigenvalue weighted by molar-refractivity contribution is 5.47. The van der Waals surface area contributed by atoms with Crippen molar-refractivity contribution in [1.82, 2.24) is 4.98 Å². The highest BCUT2D eigenvalue weighted by Gasteiger charge is 2.22. The highest BCUT2D eigenvalue weighted by atomic mass is 16.6. The number of hydrogen-bond acceptors (Lipinski definition) is 5. The van der Waals surface area contributed by atoms with Crippen molar-refractivity contribution in [2.75, 3.05) is 0 Å². The van der Waals surface area contributed by atoms with Gasteiger partial charge in [-0.3, -0.25) is 15.1 Å². The van der Waals surface area contributed by atoms with E-state index in [0.29, 0.717) is 16.8 Å². The third-order valence-electron chi connectivity index (χ3n) is 3.86. The van der Waals surface area contributed by atoms with Crippen LogP contribution in [0.5, 0.6) is 0 Å². The molecule has 1 fully saturated rings. The van der Waals surface area contributed by atoms with Crippen molar-refractivity contribution < 1.29 is 14.8 Å². The molecule has 1 N–H and O–H groups in total. The quantitative estimate of drug-likeness (QED) is 0.676. The smallest absolute Gasteiger partial charge is 0.278 e. The van der Waals surface area contributed by atoms with Gasteiger partial charge in [0.1, 0.15) is 0 Å². The fraction of sp³-hybridized carbons (Fsp3) is 0.643. The molecule has 6 nitrogen and oxygen atoms in total. The van der Waals surface area contributed by atoms with Crippen molar-refractivity contribution in [2.24, 2.45) is 0 Å². The zero-order valence-electron chi connectivity index (χ0n) is 11.8. The zero-order chi connectivity index (χ0) is 14.7. The van der Waals surface area contributed by atoms with Gasteiger partial charge >= 0.3 is 0 Å². The van der Waals surface area contributed by atoms with E-state index in [1.165, 1.54) is 6.20 Å². The van der Waals surface area contributed by atoms with Gasteiger partial charge in [-0.25, -0.2) is 0 Å². The molecule has 0 bridgehead atoms. The molecule has 110 valence electrons. The number of aryl methyl sites for hydroxylation is 1. The van der Waals surface area contributed by atoms with E-state index in [4.69, 9.17) is 4.74 Å². The third kappa shape index (κ3) is 3.32. The maximum Gasteiger partial charge on any atom is 0.278 e. The Morgan fingerprint density at radius 1 is 1.40 bits per heavy atom. The molecule has 0 aromatic carbocycles. The summed E-state index contributed by atoms with van der Waals surface area (Å²) < 4.78 is 5.78. The van der Waals surface area contributed by atoms with Gasteiger partial charge in [-0.1, -0.05) is 0 Å². The van der Waals surface area contributed by atoms with Gasteiger partial charge in [0.15, 0.2) is 0 Å². The molecule has 0 spiro atoms. The number of nitro groups is 1. The van der Waals surface area contributed by atoms with E-state index < -0.39 is 0 Å². The van der Waals surface area contributed by atoms with Crippen LogP contribution >= 0.6 is 0 Å². The summed E-state index contributed by atoms with van der Waals surface area (Å²) in [6.45, 7) is 3.68. The fourth-order valence-corrected chi connectivity index (χ4v) is 2.60. The van der Waals surface area contributed by atoms with Crippen LogP contribution in [0.2, 0.25) is 0 Å². The monoisotopic (exact) mass is 280 g/mol. The van der Waals surface area contributed by atoms with Gasteiger partial charge in [0.05, 0.1) is 35.0 Å². The minimum absolute atomic E-state index is 0.111. The molecule has 0 atom stereocenters. The van der Waals surface area contributed by atoms with Gasteiger partial charge in [-0.2, -0.15) is 0 Å². The Hall–Kier alpha value is -1.53. The summed E-state index contributed by atoms with van der Waals surface area (Å²) in [6, 6.07) is 0. The second-order valence-corrected chi connectivity index (χ2v) is 5.36. The van der Waals surface area contributed by atoms with Crippen molar-refractivity contribution in [3.8, 4) is 0 Å². The van der Waals surface area contributed by atoms with Gasteiger partial charge in [0.2, 0.25) is 0 Å². The van der Waals surface area contributed by atoms with E-state index in [0.717, 1.165) is 25.7 Å². The molecule has 1 heterocycles. The zero-order valence-corrected chi connectivity index (χ0v) is 11.8. The van der Waals surface area contributed by atoms with Gasteiger partial charge in [-0.15, -0.1) is 0 Å². The predicted octanol–water partition coefficient (Wildman–Crippen LogP) is 2.43. The largest absolute Gasteiger partial charge is 0.393 e. The number of hydrogen-bond donors (Lipinski definition) is 1. The summed E-state index contributed by atoms with van der Waals surface area (Å²) in [5.41, 5.74) is 1.88. The maximum absolute atomic E-state index is 11.0. The maximum atomic E-state index is 11.0. The third-order valence-corrected chi connectivity index (χ3v) is 3.86. The van der Waals surface area contributed by atoms with Gasteiger partial charge < -0.3 is 9.84 Å². The first-order chi connectivity index (χ1) is 9.49. The molecule has 0 radical (unpaired) electrons. The minimum atomic E-state index is -0.368. The van der Waals surface area contributed by atoms with Crippen molar-refractivity contribution >= 4 is 5.69 Å². The van der Waals surface area contributed by atoms with E-state index in [2.05, 4.69) is 4.98 Å². The van der Waals surface area contributed by atoms with Crippen LogP contribution in [0.3, 0.4) is 0 Å². The van der Waals surface area contributed by atoms with Crippen molar-refractivity contribution in [3.63, 3.8) is 0 Å². The Morgan fingerprint density at radius 2 is 2.05 bits per heavy atom. The molecule has 0 aliphatic heterocycles. The number of aliphatic hydroxyl groups is 1. The Labute approximate surface area is 117 Å². The van der Waals surface area contributed by atoms with Gasteiger partial charge in [0, 0.05) is 11.8 Å². The summed E-state index contributed by atoms with van der Waals surface area (Å²) in [5.74, 6) is 0. The number of aliphatic hydroxyl groups excluding tert-OH is 1. The first-order valence-electron chi connectivity index (χ1n) is 6.88. The lowest BCUT2D eigenvalue weighted by Crippen LogP contribution is -2.24. The standard InChI is InChI=1S/C14H20N2O4/c1-9-7-15-13(10(2)14(9)16(18)19)8-20-12-5-3-11(17)4-6-12/h7,11-12,17H,3-6,8H2,1-2H3. The lowest BCUT2D eigenvalue weighted by molar-refractivity contribution is -0.386. The SMILES string of the molecule is Cc1cnc(COC2CCC(O)CC2)c(C)c1[N+](=O)[O-]. The Morgan fingerprint density at radius 3 is 2.65 bits per heavy atom. The van der Waals surface area contributed by atoms with Crippen LogP contribution in [0.15, 0.2) is 6.20 Å². The number of ether oxygens (including phenoxy) is 1. The molecule has 0 saturated heterocycles. The average Bonchev–Trinajstić information content (AvgIpc) is 2.39. The minimum Gasteiger partial charge on any atom is -0.393 e. The first kappa shape index (κ1) is 14.9. The van der Waals surface area contributed by atoms with E-state index in [9.17, 15) is 15.2 Å². The number of aromatic nitrogens is 1. The highest BCUT2D eigenvalue weighted by Crippen LogP contribution is 2.26. The summed E-state index contributed by atoms with van der Waals surface area (Å²) in [7, 11) is 0. The Kier molecular flexibility index (Phi) is 4.67. The summed E-state index contributed by atoms with van der Waals surface area (Å²) in [5, 5.41) is 20.5. The van der Waals surface area contributed by atoms with Crippen LogP contribution < -0.4 is 0 Å². The number of pyridine rings is 1. The lowest BCUT2D eigenvalue weighted by Gasteiger charge is -2.25. The molecule has 6 heteroatoms. The first-order valence-corrected chi connectivity index (χ1v) is 6.88.